The molecule has 5 atom stereocenters. The average Bonchev–Trinajstić information content (AvgIpc) is 2.72. The van der Waals surface area contributed by atoms with Crippen LogP contribution in [0.25, 0.3) is 0 Å². The van der Waals surface area contributed by atoms with Crippen LogP contribution >= 0.6 is 0 Å². The fourth-order valence-corrected chi connectivity index (χ4v) is 3.85. The molecule has 4 nitrogen and oxygen atoms in total. The minimum Gasteiger partial charge on any atom is -0.461 e. The van der Waals surface area contributed by atoms with Crippen LogP contribution in [-0.4, -0.2) is 29.1 Å². The van der Waals surface area contributed by atoms with Gasteiger partial charge in [-0.2, -0.15) is 0 Å². The van der Waals surface area contributed by atoms with Crippen molar-refractivity contribution in [1.82, 2.24) is 0 Å². The monoisotopic (exact) mass is 262 g/mol. The third-order valence-corrected chi connectivity index (χ3v) is 4.77. The van der Waals surface area contributed by atoms with E-state index >= 15 is 0 Å². The molecule has 2 aliphatic carbocycles. The Balaban J connectivity index is 2.11. The standard InChI is InChI=1S/C15H18O4/c1-6-4-10(17)13-8(3)15(18)19-14(13)12-7(2)5-9(16)11(6)12/h8,10,12-14,17H,2,4-5H2,1,3H3/t8-,10-,12-,13+,14+/m0/s1. The van der Waals surface area contributed by atoms with Gasteiger partial charge < -0.3 is 9.84 Å². The number of Topliss-reactive ketones (excluding diaryl/α,β-unsaturated/α-hetero) is 1. The second-order valence-electron chi connectivity index (χ2n) is 5.97. The number of rotatable bonds is 0. The SMILES string of the molecule is C=C1CC(=O)C2=C(C)C[C@H](O)[C@@H]3[C@H](OC(=O)[C@H]3C)[C@@H]12. The maximum absolute atomic E-state index is 12.1. The fraction of sp³-hybridized carbons (Fsp3) is 0.600. The van der Waals surface area contributed by atoms with Crippen molar-refractivity contribution in [2.24, 2.45) is 17.8 Å². The zero-order valence-corrected chi connectivity index (χ0v) is 11.2. The predicted octanol–water partition coefficient (Wildman–Crippen LogP) is 1.39. The summed E-state index contributed by atoms with van der Waals surface area (Å²) in [4.78, 5) is 23.9. The number of aliphatic hydroxyl groups excluding tert-OH is 1. The highest BCUT2D eigenvalue weighted by Crippen LogP contribution is 2.49. The van der Waals surface area contributed by atoms with Crippen LogP contribution in [0.15, 0.2) is 23.3 Å². The Morgan fingerprint density at radius 1 is 1.37 bits per heavy atom. The van der Waals surface area contributed by atoms with Crippen molar-refractivity contribution >= 4 is 11.8 Å². The van der Waals surface area contributed by atoms with Gasteiger partial charge in [-0.1, -0.05) is 24.6 Å². The van der Waals surface area contributed by atoms with Gasteiger partial charge in [0.05, 0.1) is 12.0 Å². The molecule has 1 N–H and O–H groups in total. The first kappa shape index (κ1) is 12.6. The molecule has 0 radical (unpaired) electrons. The molecule has 0 unspecified atom stereocenters. The molecule has 102 valence electrons. The van der Waals surface area contributed by atoms with E-state index in [0.717, 1.165) is 16.7 Å². The summed E-state index contributed by atoms with van der Waals surface area (Å²) in [5, 5.41) is 10.3. The minimum atomic E-state index is -0.634. The normalized spacial score (nSPS) is 42.1. The molecule has 0 amide bonds. The number of carbonyl (C=O) groups is 2. The molecule has 0 aromatic heterocycles. The van der Waals surface area contributed by atoms with Crippen LogP contribution in [0.5, 0.6) is 0 Å². The highest BCUT2D eigenvalue weighted by Gasteiger charge is 2.54. The summed E-state index contributed by atoms with van der Waals surface area (Å²) in [6.45, 7) is 7.64. The molecule has 0 aromatic rings. The van der Waals surface area contributed by atoms with E-state index in [2.05, 4.69) is 6.58 Å². The van der Waals surface area contributed by atoms with Gasteiger partial charge in [0, 0.05) is 23.8 Å². The smallest absolute Gasteiger partial charge is 0.309 e. The molecule has 0 aromatic carbocycles. The molecule has 1 heterocycles. The van der Waals surface area contributed by atoms with E-state index < -0.39 is 12.2 Å². The Morgan fingerprint density at radius 2 is 2.05 bits per heavy atom. The molecule has 1 saturated heterocycles. The number of hydrogen-bond donors (Lipinski definition) is 1. The van der Waals surface area contributed by atoms with E-state index in [-0.39, 0.29) is 29.5 Å². The number of fused-ring (bicyclic) bond motifs is 3. The van der Waals surface area contributed by atoms with E-state index in [1.54, 1.807) is 6.92 Å². The van der Waals surface area contributed by atoms with Crippen molar-refractivity contribution in [2.45, 2.75) is 38.9 Å². The summed E-state index contributed by atoms with van der Waals surface area (Å²) in [5.74, 6) is -0.997. The summed E-state index contributed by atoms with van der Waals surface area (Å²) < 4.78 is 5.46. The summed E-state index contributed by atoms with van der Waals surface area (Å²) in [6, 6.07) is 0. The number of esters is 1. The van der Waals surface area contributed by atoms with Crippen LogP contribution in [0.1, 0.15) is 26.7 Å². The van der Waals surface area contributed by atoms with Crippen LogP contribution in [-0.2, 0) is 14.3 Å². The highest BCUT2D eigenvalue weighted by molar-refractivity contribution is 6.02. The minimum absolute atomic E-state index is 0.0657. The Morgan fingerprint density at radius 3 is 2.74 bits per heavy atom. The second-order valence-corrected chi connectivity index (χ2v) is 5.97. The maximum Gasteiger partial charge on any atom is 0.309 e. The van der Waals surface area contributed by atoms with E-state index in [1.165, 1.54) is 0 Å². The van der Waals surface area contributed by atoms with Gasteiger partial charge in [0.2, 0.25) is 0 Å². The predicted molar refractivity (Wildman–Crippen MR) is 68.1 cm³/mol. The Labute approximate surface area is 112 Å². The molecule has 2 fully saturated rings. The van der Waals surface area contributed by atoms with Gasteiger partial charge in [0.1, 0.15) is 6.10 Å². The van der Waals surface area contributed by atoms with Crippen LogP contribution in [0, 0.1) is 17.8 Å². The van der Waals surface area contributed by atoms with Gasteiger partial charge in [-0.3, -0.25) is 9.59 Å². The molecule has 1 saturated carbocycles. The molecular weight excluding hydrogens is 244 g/mol. The number of ketones is 1. The molecule has 0 spiro atoms. The van der Waals surface area contributed by atoms with E-state index in [4.69, 9.17) is 4.74 Å². The molecule has 4 heteroatoms. The molecule has 3 rings (SSSR count). The molecular formula is C15H18O4. The van der Waals surface area contributed by atoms with Gasteiger partial charge in [-0.25, -0.2) is 0 Å². The third-order valence-electron chi connectivity index (χ3n) is 4.77. The zero-order chi connectivity index (χ0) is 13.9. The van der Waals surface area contributed by atoms with E-state index in [0.29, 0.717) is 12.8 Å². The average molecular weight is 262 g/mol. The van der Waals surface area contributed by atoms with Crippen molar-refractivity contribution in [3.05, 3.63) is 23.3 Å². The lowest BCUT2D eigenvalue weighted by Crippen LogP contribution is -2.34. The molecule has 1 aliphatic heterocycles. The number of aliphatic hydroxyl groups is 1. The third kappa shape index (κ3) is 1.62. The molecule has 0 bridgehead atoms. The largest absolute Gasteiger partial charge is 0.461 e. The van der Waals surface area contributed by atoms with Crippen molar-refractivity contribution in [3.63, 3.8) is 0 Å². The van der Waals surface area contributed by atoms with Crippen molar-refractivity contribution in [2.75, 3.05) is 0 Å². The summed E-state index contributed by atoms with van der Waals surface area (Å²) in [6.07, 6.45) is -0.288. The Bertz CT molecular complexity index is 516. The van der Waals surface area contributed by atoms with E-state index in [1.807, 2.05) is 6.92 Å². The number of ether oxygens (including phenoxy) is 1. The Hall–Kier alpha value is -1.42. The van der Waals surface area contributed by atoms with Crippen molar-refractivity contribution < 1.29 is 19.4 Å². The fourth-order valence-electron chi connectivity index (χ4n) is 3.85. The van der Waals surface area contributed by atoms with Crippen LogP contribution < -0.4 is 0 Å². The van der Waals surface area contributed by atoms with Crippen LogP contribution in [0.3, 0.4) is 0 Å². The zero-order valence-electron chi connectivity index (χ0n) is 11.2. The first-order valence-corrected chi connectivity index (χ1v) is 6.71. The van der Waals surface area contributed by atoms with E-state index in [9.17, 15) is 14.7 Å². The first-order valence-electron chi connectivity index (χ1n) is 6.71. The van der Waals surface area contributed by atoms with Gasteiger partial charge in [0.15, 0.2) is 5.78 Å². The topological polar surface area (TPSA) is 63.6 Å². The maximum atomic E-state index is 12.1. The van der Waals surface area contributed by atoms with Gasteiger partial charge >= 0.3 is 5.97 Å². The van der Waals surface area contributed by atoms with Crippen LogP contribution in [0.2, 0.25) is 0 Å². The lowest BCUT2D eigenvalue weighted by Gasteiger charge is -2.26. The number of carbonyl (C=O) groups excluding carboxylic acids is 2. The first-order chi connectivity index (χ1) is 8.91. The lowest BCUT2D eigenvalue weighted by atomic mass is 9.80. The second kappa shape index (κ2) is 4.04. The quantitative estimate of drug-likeness (QED) is 0.529. The highest BCUT2D eigenvalue weighted by atomic mass is 16.6. The van der Waals surface area contributed by atoms with Gasteiger partial charge in [-0.15, -0.1) is 0 Å². The summed E-state index contributed by atoms with van der Waals surface area (Å²) >= 11 is 0. The summed E-state index contributed by atoms with van der Waals surface area (Å²) in [7, 11) is 0. The summed E-state index contributed by atoms with van der Waals surface area (Å²) in [5.41, 5.74) is 2.45. The van der Waals surface area contributed by atoms with Crippen molar-refractivity contribution in [1.29, 1.82) is 0 Å². The molecule has 3 aliphatic rings. The van der Waals surface area contributed by atoms with Crippen LogP contribution in [0.4, 0.5) is 0 Å². The number of hydrogen-bond acceptors (Lipinski definition) is 4. The lowest BCUT2D eigenvalue weighted by molar-refractivity contribution is -0.144. The van der Waals surface area contributed by atoms with Crippen molar-refractivity contribution in [3.8, 4) is 0 Å². The van der Waals surface area contributed by atoms with Gasteiger partial charge in [-0.05, 0) is 13.3 Å². The Kier molecular flexibility index (Phi) is 2.68. The molecule has 19 heavy (non-hydrogen) atoms. The van der Waals surface area contributed by atoms with Gasteiger partial charge in [0.25, 0.3) is 0 Å².